The molecule has 0 spiro atoms. The summed E-state index contributed by atoms with van der Waals surface area (Å²) in [6.07, 6.45) is 3.86. The third kappa shape index (κ3) is 3.93. The maximum absolute atomic E-state index is 13.6. The quantitative estimate of drug-likeness (QED) is 0.815. The molecule has 3 rings (SSSR count). The Hall–Kier alpha value is -3.49. The fourth-order valence-electron chi connectivity index (χ4n) is 2.78. The van der Waals surface area contributed by atoms with Crippen molar-refractivity contribution in [2.45, 2.75) is 26.5 Å². The lowest BCUT2D eigenvalue weighted by Crippen LogP contribution is -2.35. The molecule has 1 aliphatic rings. The highest BCUT2D eigenvalue weighted by molar-refractivity contribution is 5.81. The Bertz CT molecular complexity index is 1060. The molecule has 146 valence electrons. The van der Waals surface area contributed by atoms with Crippen LogP contribution in [0.15, 0.2) is 47.0 Å². The molecule has 2 aromatic heterocycles. The van der Waals surface area contributed by atoms with Gasteiger partial charge in [0.05, 0.1) is 11.9 Å². The zero-order chi connectivity index (χ0) is 20.4. The second kappa shape index (κ2) is 7.63. The number of carbonyl (C=O) groups is 1. The Balaban J connectivity index is 1.88. The lowest BCUT2D eigenvalue weighted by molar-refractivity contribution is -0.137. The first kappa shape index (κ1) is 19.3. The van der Waals surface area contributed by atoms with Crippen LogP contribution in [0.4, 0.5) is 8.78 Å². The van der Waals surface area contributed by atoms with Gasteiger partial charge in [0.25, 0.3) is 5.56 Å². The van der Waals surface area contributed by atoms with Crippen molar-refractivity contribution >= 4 is 11.7 Å². The van der Waals surface area contributed by atoms with E-state index in [-0.39, 0.29) is 18.1 Å². The van der Waals surface area contributed by atoms with Gasteiger partial charge in [-0.15, -0.1) is 0 Å². The zero-order valence-corrected chi connectivity index (χ0v) is 15.1. The molecule has 1 atom stereocenters. The SMILES string of the molecule is CC1=CNC(C(=O)O)C=C1n1c(C)cc(OCc2ncc(F)cc2F)cc1=O. The second-order valence-electron chi connectivity index (χ2n) is 6.24. The van der Waals surface area contributed by atoms with Crippen LogP contribution < -0.4 is 15.6 Å². The van der Waals surface area contributed by atoms with E-state index < -0.39 is 29.2 Å². The van der Waals surface area contributed by atoms with Crippen molar-refractivity contribution in [2.24, 2.45) is 0 Å². The number of halogens is 2. The minimum atomic E-state index is -1.07. The van der Waals surface area contributed by atoms with Crippen molar-refractivity contribution in [1.82, 2.24) is 14.9 Å². The van der Waals surface area contributed by atoms with Crippen molar-refractivity contribution in [2.75, 3.05) is 0 Å². The van der Waals surface area contributed by atoms with Crippen molar-refractivity contribution in [1.29, 1.82) is 0 Å². The van der Waals surface area contributed by atoms with E-state index in [2.05, 4.69) is 10.3 Å². The minimum Gasteiger partial charge on any atom is -0.487 e. The number of nitrogens with one attached hydrogen (secondary N) is 1. The van der Waals surface area contributed by atoms with Crippen LogP contribution in [0.2, 0.25) is 0 Å². The van der Waals surface area contributed by atoms with Crippen LogP contribution in [0, 0.1) is 18.6 Å². The van der Waals surface area contributed by atoms with Gasteiger partial charge in [-0.05, 0) is 25.5 Å². The number of pyridine rings is 2. The zero-order valence-electron chi connectivity index (χ0n) is 15.1. The molecule has 2 aromatic rings. The first-order chi connectivity index (χ1) is 13.3. The van der Waals surface area contributed by atoms with Gasteiger partial charge in [-0.25, -0.2) is 13.6 Å². The molecule has 2 N–H and O–H groups in total. The van der Waals surface area contributed by atoms with Crippen molar-refractivity contribution in [3.05, 3.63) is 75.6 Å². The molecule has 0 aromatic carbocycles. The Labute approximate surface area is 158 Å². The number of aliphatic carboxylic acids is 1. The van der Waals surface area contributed by atoms with E-state index in [0.29, 0.717) is 23.0 Å². The summed E-state index contributed by atoms with van der Waals surface area (Å²) in [7, 11) is 0. The first-order valence-electron chi connectivity index (χ1n) is 8.31. The normalized spacial score (nSPS) is 16.1. The van der Waals surface area contributed by atoms with E-state index in [0.717, 1.165) is 6.20 Å². The molecule has 0 fully saturated rings. The molecule has 0 saturated heterocycles. The number of carboxylic acids is 1. The van der Waals surface area contributed by atoms with E-state index in [1.54, 1.807) is 19.9 Å². The minimum absolute atomic E-state index is 0.0904. The molecule has 1 unspecified atom stereocenters. The van der Waals surface area contributed by atoms with Gasteiger partial charge < -0.3 is 15.2 Å². The average Bonchev–Trinajstić information content (AvgIpc) is 2.61. The highest BCUT2D eigenvalue weighted by Crippen LogP contribution is 2.22. The molecule has 0 amide bonds. The number of ether oxygens (including phenoxy) is 1. The maximum atomic E-state index is 13.6. The number of allylic oxidation sites excluding steroid dienone is 2. The standard InChI is InChI=1S/C19H17F2N3O4/c1-10-7-22-15(19(26)27)6-17(10)24-11(2)3-13(5-18(24)25)28-9-16-14(21)4-12(20)8-23-16/h3-8,15,22H,9H2,1-2H3,(H,26,27). The second-order valence-corrected chi connectivity index (χ2v) is 6.24. The van der Waals surface area contributed by atoms with Crippen LogP contribution in [0.1, 0.15) is 18.3 Å². The summed E-state index contributed by atoms with van der Waals surface area (Å²) in [4.78, 5) is 27.5. The van der Waals surface area contributed by atoms with E-state index in [9.17, 15) is 23.5 Å². The van der Waals surface area contributed by atoms with Crippen LogP contribution in [0.5, 0.6) is 5.75 Å². The molecule has 7 nitrogen and oxygen atoms in total. The van der Waals surface area contributed by atoms with E-state index >= 15 is 0 Å². The Morgan fingerprint density at radius 3 is 2.71 bits per heavy atom. The van der Waals surface area contributed by atoms with Crippen LogP contribution in [-0.4, -0.2) is 26.7 Å². The molecule has 0 aliphatic carbocycles. The number of rotatable bonds is 5. The summed E-state index contributed by atoms with van der Waals surface area (Å²) < 4.78 is 33.3. The summed E-state index contributed by atoms with van der Waals surface area (Å²) in [5, 5.41) is 11.9. The van der Waals surface area contributed by atoms with Crippen LogP contribution in [0.25, 0.3) is 5.70 Å². The molecule has 1 aliphatic heterocycles. The van der Waals surface area contributed by atoms with Crippen molar-refractivity contribution in [3.8, 4) is 5.75 Å². The molecule has 0 bridgehead atoms. The van der Waals surface area contributed by atoms with Crippen LogP contribution >= 0.6 is 0 Å². The molecule has 0 saturated carbocycles. The van der Waals surface area contributed by atoms with E-state index in [1.807, 2.05) is 0 Å². The fourth-order valence-corrected chi connectivity index (χ4v) is 2.78. The molecule has 9 heteroatoms. The van der Waals surface area contributed by atoms with E-state index in [4.69, 9.17) is 4.74 Å². The monoisotopic (exact) mass is 389 g/mol. The number of hydrogen-bond donors (Lipinski definition) is 2. The third-order valence-electron chi connectivity index (χ3n) is 4.16. The Kier molecular flexibility index (Phi) is 5.25. The first-order valence-corrected chi connectivity index (χ1v) is 8.31. The van der Waals surface area contributed by atoms with Crippen LogP contribution in [-0.2, 0) is 11.4 Å². The van der Waals surface area contributed by atoms with Gasteiger partial charge in [-0.1, -0.05) is 0 Å². The summed E-state index contributed by atoms with van der Waals surface area (Å²) in [6.45, 7) is 3.13. The maximum Gasteiger partial charge on any atom is 0.330 e. The molecular formula is C19H17F2N3O4. The molecule has 28 heavy (non-hydrogen) atoms. The molecule has 0 radical (unpaired) electrons. The number of carboxylic acid groups (broad SMARTS) is 1. The number of hydrogen-bond acceptors (Lipinski definition) is 5. The van der Waals surface area contributed by atoms with Gasteiger partial charge in [-0.3, -0.25) is 14.3 Å². The largest absolute Gasteiger partial charge is 0.487 e. The van der Waals surface area contributed by atoms with Crippen molar-refractivity contribution < 1.29 is 23.4 Å². The number of aromatic nitrogens is 2. The average molecular weight is 389 g/mol. The van der Waals surface area contributed by atoms with Crippen molar-refractivity contribution in [3.63, 3.8) is 0 Å². The number of dihydropyridines is 1. The topological polar surface area (TPSA) is 93.4 Å². The summed E-state index contributed by atoms with van der Waals surface area (Å²) in [5.41, 5.74) is 1.11. The van der Waals surface area contributed by atoms with Gasteiger partial charge in [0.1, 0.15) is 29.9 Å². The highest BCUT2D eigenvalue weighted by atomic mass is 19.1. The predicted octanol–water partition coefficient (Wildman–Crippen LogP) is 2.21. The predicted molar refractivity (Wildman–Crippen MR) is 96.5 cm³/mol. The Morgan fingerprint density at radius 1 is 1.32 bits per heavy atom. The summed E-state index contributed by atoms with van der Waals surface area (Å²) in [5.74, 6) is -2.51. The lowest BCUT2D eigenvalue weighted by Gasteiger charge is -2.22. The highest BCUT2D eigenvalue weighted by Gasteiger charge is 2.21. The lowest BCUT2D eigenvalue weighted by atomic mass is 10.1. The van der Waals surface area contributed by atoms with Gasteiger partial charge in [0.15, 0.2) is 5.82 Å². The van der Waals surface area contributed by atoms with Crippen LogP contribution in [0.3, 0.4) is 0 Å². The Morgan fingerprint density at radius 2 is 2.07 bits per heavy atom. The van der Waals surface area contributed by atoms with E-state index in [1.165, 1.54) is 22.9 Å². The molecule has 3 heterocycles. The third-order valence-corrected chi connectivity index (χ3v) is 4.16. The molecular weight excluding hydrogens is 372 g/mol. The van der Waals surface area contributed by atoms with Gasteiger partial charge >= 0.3 is 5.97 Å². The summed E-state index contributed by atoms with van der Waals surface area (Å²) >= 11 is 0. The van der Waals surface area contributed by atoms with Gasteiger partial charge in [0, 0.05) is 30.1 Å². The fraction of sp³-hybridized carbons (Fsp3) is 0.211. The van der Waals surface area contributed by atoms with Gasteiger partial charge in [-0.2, -0.15) is 0 Å². The van der Waals surface area contributed by atoms with Gasteiger partial charge in [0.2, 0.25) is 0 Å². The summed E-state index contributed by atoms with van der Waals surface area (Å²) in [6, 6.07) is 2.52. The number of nitrogens with zero attached hydrogens (tertiary/aromatic N) is 2. The number of aryl methyl sites for hydroxylation is 1. The smallest absolute Gasteiger partial charge is 0.330 e.